The zero-order valence-electron chi connectivity index (χ0n) is 9.47. The van der Waals surface area contributed by atoms with E-state index in [0.29, 0.717) is 0 Å². The van der Waals surface area contributed by atoms with Crippen molar-refractivity contribution in [2.45, 2.75) is 56.9 Å². The predicted octanol–water partition coefficient (Wildman–Crippen LogP) is 1.97. The number of nitrogens with one attached hydrogen (secondary N) is 1. The number of hydrogen-bond donors (Lipinski definition) is 2. The van der Waals surface area contributed by atoms with Crippen molar-refractivity contribution >= 4 is 0 Å². The van der Waals surface area contributed by atoms with Gasteiger partial charge in [0.2, 0.25) is 0 Å². The number of nitrogens with zero attached hydrogens (tertiary/aromatic N) is 1. The van der Waals surface area contributed by atoms with Crippen molar-refractivity contribution in [3.8, 4) is 6.07 Å². The van der Waals surface area contributed by atoms with Crippen LogP contribution in [0.2, 0.25) is 0 Å². The van der Waals surface area contributed by atoms with Crippen molar-refractivity contribution in [2.24, 2.45) is 0 Å². The fraction of sp³-hybridized carbons (Fsp3) is 0.917. The molecule has 1 saturated carbocycles. The van der Waals surface area contributed by atoms with E-state index in [1.54, 1.807) is 0 Å². The summed E-state index contributed by atoms with van der Waals surface area (Å²) in [5.74, 6) is 0. The topological polar surface area (TPSA) is 56.0 Å². The van der Waals surface area contributed by atoms with Gasteiger partial charge in [-0.2, -0.15) is 5.26 Å². The first kappa shape index (κ1) is 12.5. The molecule has 0 aromatic rings. The Morgan fingerprint density at radius 2 is 1.73 bits per heavy atom. The molecule has 0 bridgehead atoms. The molecular formula is C12H22N2O. The first-order valence-electron chi connectivity index (χ1n) is 6.10. The molecule has 3 heteroatoms. The summed E-state index contributed by atoms with van der Waals surface area (Å²) in [4.78, 5) is 0. The molecule has 0 spiro atoms. The van der Waals surface area contributed by atoms with Crippen LogP contribution in [0.4, 0.5) is 0 Å². The Morgan fingerprint density at radius 1 is 1.13 bits per heavy atom. The molecule has 2 N–H and O–H groups in total. The van der Waals surface area contributed by atoms with E-state index >= 15 is 0 Å². The summed E-state index contributed by atoms with van der Waals surface area (Å²) in [6.45, 7) is 0.957. The molecule has 15 heavy (non-hydrogen) atoms. The lowest BCUT2D eigenvalue weighted by atomic mass is 9.85. The fourth-order valence-electron chi connectivity index (χ4n) is 2.24. The minimum Gasteiger partial charge on any atom is -0.396 e. The highest BCUT2D eigenvalue weighted by atomic mass is 16.3. The van der Waals surface area contributed by atoms with Gasteiger partial charge in [0.15, 0.2) is 0 Å². The van der Waals surface area contributed by atoms with Gasteiger partial charge < -0.3 is 5.11 Å². The maximum atomic E-state index is 9.28. The average molecular weight is 210 g/mol. The van der Waals surface area contributed by atoms with Crippen molar-refractivity contribution in [2.75, 3.05) is 13.2 Å². The third-order valence-corrected chi connectivity index (χ3v) is 3.22. The van der Waals surface area contributed by atoms with Gasteiger partial charge in [-0.25, -0.2) is 0 Å². The molecule has 0 aromatic heterocycles. The molecule has 1 rings (SSSR count). The molecule has 1 aliphatic carbocycles. The third-order valence-electron chi connectivity index (χ3n) is 3.22. The summed E-state index contributed by atoms with van der Waals surface area (Å²) in [6, 6.07) is 2.45. The normalized spacial score (nSPS) is 21.3. The summed E-state index contributed by atoms with van der Waals surface area (Å²) in [5.41, 5.74) is -0.310. The number of hydrogen-bond acceptors (Lipinski definition) is 3. The van der Waals surface area contributed by atoms with Crippen molar-refractivity contribution in [3.63, 3.8) is 0 Å². The first-order valence-corrected chi connectivity index (χ1v) is 6.10. The number of rotatable bonds is 4. The maximum absolute atomic E-state index is 9.28. The van der Waals surface area contributed by atoms with Crippen LogP contribution in [-0.2, 0) is 0 Å². The Hall–Kier alpha value is -0.590. The SMILES string of the molecule is N#CC1(NCCCO)CCCCCCC1. The first-order chi connectivity index (χ1) is 7.33. The quantitative estimate of drug-likeness (QED) is 0.697. The molecule has 0 radical (unpaired) electrons. The highest BCUT2D eigenvalue weighted by Gasteiger charge is 2.28. The van der Waals surface area contributed by atoms with Crippen LogP contribution in [0, 0.1) is 11.3 Å². The van der Waals surface area contributed by atoms with E-state index < -0.39 is 0 Å². The second-order valence-electron chi connectivity index (χ2n) is 4.47. The smallest absolute Gasteiger partial charge is 0.106 e. The van der Waals surface area contributed by atoms with Crippen molar-refractivity contribution in [1.82, 2.24) is 5.32 Å². The summed E-state index contributed by atoms with van der Waals surface area (Å²) in [5, 5.41) is 21.3. The van der Waals surface area contributed by atoms with Gasteiger partial charge >= 0.3 is 0 Å². The largest absolute Gasteiger partial charge is 0.396 e. The van der Waals surface area contributed by atoms with Crippen LogP contribution in [0.3, 0.4) is 0 Å². The van der Waals surface area contributed by atoms with E-state index in [9.17, 15) is 5.26 Å². The lowest BCUT2D eigenvalue weighted by molar-refractivity contribution is 0.265. The van der Waals surface area contributed by atoms with Crippen LogP contribution < -0.4 is 5.32 Å². The standard InChI is InChI=1S/C12H22N2O/c13-11-12(14-9-6-10-15)7-4-2-1-3-5-8-12/h14-15H,1-10H2. The Bertz CT molecular complexity index is 202. The number of aliphatic hydroxyl groups excluding tert-OH is 1. The Morgan fingerprint density at radius 3 is 2.27 bits per heavy atom. The van der Waals surface area contributed by atoms with Crippen molar-refractivity contribution in [1.29, 1.82) is 5.26 Å². The van der Waals surface area contributed by atoms with Gasteiger partial charge in [0.25, 0.3) is 0 Å². The number of nitriles is 1. The lowest BCUT2D eigenvalue weighted by Crippen LogP contribution is -2.45. The highest BCUT2D eigenvalue weighted by Crippen LogP contribution is 2.25. The summed E-state index contributed by atoms with van der Waals surface area (Å²) in [7, 11) is 0. The molecule has 0 saturated heterocycles. The monoisotopic (exact) mass is 210 g/mol. The van der Waals surface area contributed by atoms with Gasteiger partial charge in [-0.1, -0.05) is 32.1 Å². The van der Waals surface area contributed by atoms with Crippen LogP contribution in [0.1, 0.15) is 51.4 Å². The summed E-state index contributed by atoms with van der Waals surface area (Å²) in [6.07, 6.45) is 8.81. The van der Waals surface area contributed by atoms with Gasteiger partial charge in [-0.3, -0.25) is 5.32 Å². The van der Waals surface area contributed by atoms with Crippen LogP contribution in [0.5, 0.6) is 0 Å². The zero-order valence-corrected chi connectivity index (χ0v) is 9.47. The van der Waals surface area contributed by atoms with E-state index in [0.717, 1.165) is 38.6 Å². The molecule has 0 amide bonds. The molecule has 1 fully saturated rings. The average Bonchev–Trinajstić information content (AvgIpc) is 2.22. The molecule has 0 heterocycles. The van der Waals surface area contributed by atoms with E-state index in [1.807, 2.05) is 0 Å². The lowest BCUT2D eigenvalue weighted by Gasteiger charge is -2.29. The number of aliphatic hydroxyl groups is 1. The Balaban J connectivity index is 2.44. The second-order valence-corrected chi connectivity index (χ2v) is 4.47. The van der Waals surface area contributed by atoms with E-state index in [4.69, 9.17) is 5.11 Å². The van der Waals surface area contributed by atoms with Gasteiger partial charge in [0.1, 0.15) is 5.54 Å². The molecule has 0 unspecified atom stereocenters. The third kappa shape index (κ3) is 4.19. The Kier molecular flexibility index (Phi) is 5.67. The van der Waals surface area contributed by atoms with Crippen LogP contribution in [0.15, 0.2) is 0 Å². The van der Waals surface area contributed by atoms with Gasteiger partial charge in [0, 0.05) is 6.61 Å². The molecular weight excluding hydrogens is 188 g/mol. The predicted molar refractivity (Wildman–Crippen MR) is 60.4 cm³/mol. The van der Waals surface area contributed by atoms with Crippen LogP contribution in [0.25, 0.3) is 0 Å². The van der Waals surface area contributed by atoms with Crippen molar-refractivity contribution in [3.05, 3.63) is 0 Å². The van der Waals surface area contributed by atoms with Crippen LogP contribution in [-0.4, -0.2) is 23.8 Å². The Labute approximate surface area is 92.5 Å². The molecule has 1 aliphatic rings. The van der Waals surface area contributed by atoms with E-state index in [1.165, 1.54) is 19.3 Å². The second kappa shape index (κ2) is 6.81. The molecule has 86 valence electrons. The summed E-state index contributed by atoms with van der Waals surface area (Å²) < 4.78 is 0. The minimum absolute atomic E-state index is 0.203. The molecule has 0 aliphatic heterocycles. The molecule has 0 aromatic carbocycles. The highest BCUT2D eigenvalue weighted by molar-refractivity contribution is 5.07. The van der Waals surface area contributed by atoms with Gasteiger partial charge in [-0.05, 0) is 25.8 Å². The van der Waals surface area contributed by atoms with E-state index in [-0.39, 0.29) is 12.1 Å². The van der Waals surface area contributed by atoms with Gasteiger partial charge in [-0.15, -0.1) is 0 Å². The van der Waals surface area contributed by atoms with Gasteiger partial charge in [0.05, 0.1) is 6.07 Å². The van der Waals surface area contributed by atoms with Crippen molar-refractivity contribution < 1.29 is 5.11 Å². The zero-order chi connectivity index (χ0) is 11.0. The summed E-state index contributed by atoms with van der Waals surface area (Å²) >= 11 is 0. The van der Waals surface area contributed by atoms with Crippen LogP contribution >= 0.6 is 0 Å². The molecule has 3 nitrogen and oxygen atoms in total. The minimum atomic E-state index is -0.310. The maximum Gasteiger partial charge on any atom is 0.106 e. The van der Waals surface area contributed by atoms with E-state index in [2.05, 4.69) is 11.4 Å². The molecule has 0 atom stereocenters. The fourth-order valence-corrected chi connectivity index (χ4v) is 2.24.